The molecular weight excluding hydrogens is 350 g/mol. The van der Waals surface area contributed by atoms with Gasteiger partial charge >= 0.3 is 12.4 Å². The molecule has 0 saturated carbocycles. The number of hydrogen-bond acceptors (Lipinski definition) is 2. The summed E-state index contributed by atoms with van der Waals surface area (Å²) < 4.78 is 77.1. The topological polar surface area (TPSA) is 41.5 Å². The average Bonchev–Trinajstić information content (AvgIpc) is 2.43. The van der Waals surface area contributed by atoms with E-state index >= 15 is 0 Å². The zero-order valence-corrected chi connectivity index (χ0v) is 13.8. The summed E-state index contributed by atoms with van der Waals surface area (Å²) in [5.74, 6) is -1.04. The Kier molecular flexibility index (Phi) is 5.92. The van der Waals surface area contributed by atoms with E-state index in [-0.39, 0.29) is 12.6 Å². The number of benzene rings is 1. The Morgan fingerprint density at radius 3 is 1.80 bits per heavy atom. The van der Waals surface area contributed by atoms with Crippen molar-refractivity contribution in [1.29, 1.82) is 0 Å². The Hall–Kier alpha value is -2.06. The monoisotopic (exact) mass is 368 g/mol. The highest BCUT2D eigenvalue weighted by molar-refractivity contribution is 5.95. The molecule has 1 amide bonds. The van der Waals surface area contributed by atoms with E-state index in [1.165, 1.54) is 0 Å². The van der Waals surface area contributed by atoms with Crippen LogP contribution in [0.5, 0.6) is 0 Å². The number of rotatable bonds is 4. The van der Waals surface area contributed by atoms with Crippen LogP contribution in [0.3, 0.4) is 0 Å². The molecule has 1 rings (SSSR count). The Labute approximate surface area is 141 Å². The first-order chi connectivity index (χ1) is 11.2. The molecular formula is C16H18F6N2O. The number of alkyl halides is 6. The normalized spacial score (nSPS) is 14.1. The minimum atomic E-state index is -5.01. The summed E-state index contributed by atoms with van der Waals surface area (Å²) in [4.78, 5) is 15.9. The molecule has 1 aromatic carbocycles. The lowest BCUT2D eigenvalue weighted by Gasteiger charge is -2.30. The quantitative estimate of drug-likeness (QED) is 0.614. The summed E-state index contributed by atoms with van der Waals surface area (Å²) >= 11 is 0. The zero-order chi connectivity index (χ0) is 19.6. The van der Waals surface area contributed by atoms with Crippen molar-refractivity contribution in [1.82, 2.24) is 5.32 Å². The zero-order valence-electron chi connectivity index (χ0n) is 13.8. The molecule has 0 radical (unpaired) electrons. The Bertz CT molecular complexity index is 611. The molecule has 0 spiro atoms. The first-order valence-corrected chi connectivity index (χ1v) is 7.19. The van der Waals surface area contributed by atoms with Gasteiger partial charge in [0.2, 0.25) is 0 Å². The molecule has 0 saturated heterocycles. The third-order valence-electron chi connectivity index (χ3n) is 3.51. The van der Waals surface area contributed by atoms with Crippen LogP contribution in [0.2, 0.25) is 0 Å². The second kappa shape index (κ2) is 7.05. The predicted octanol–water partition coefficient (Wildman–Crippen LogP) is 4.57. The van der Waals surface area contributed by atoms with Crippen molar-refractivity contribution in [2.24, 2.45) is 10.4 Å². The molecule has 0 aliphatic carbocycles. The van der Waals surface area contributed by atoms with Crippen molar-refractivity contribution in [2.45, 2.75) is 39.2 Å². The number of carbonyl (C=O) groups excluding carboxylic acids is 1. The fraction of sp³-hybridized carbons (Fsp3) is 0.500. The predicted molar refractivity (Wildman–Crippen MR) is 81.6 cm³/mol. The van der Waals surface area contributed by atoms with Crippen LogP contribution in [0.4, 0.5) is 26.3 Å². The van der Waals surface area contributed by atoms with Crippen LogP contribution in [0.1, 0.15) is 42.3 Å². The number of carbonyl (C=O) groups is 1. The minimum Gasteiger partial charge on any atom is -0.347 e. The summed E-state index contributed by atoms with van der Waals surface area (Å²) in [6.07, 6.45) is -10.0. The third-order valence-corrected chi connectivity index (χ3v) is 3.51. The molecule has 140 valence electrons. The van der Waals surface area contributed by atoms with Crippen LogP contribution >= 0.6 is 0 Å². The summed E-state index contributed by atoms with van der Waals surface area (Å²) in [5.41, 5.74) is -4.32. The Morgan fingerprint density at radius 1 is 1.04 bits per heavy atom. The maximum atomic E-state index is 12.8. The number of nitrogens with zero attached hydrogens (tertiary/aromatic N) is 1. The Balaban J connectivity index is 3.31. The molecule has 1 aromatic rings. The van der Waals surface area contributed by atoms with Crippen LogP contribution in [0.15, 0.2) is 23.2 Å². The van der Waals surface area contributed by atoms with Crippen molar-refractivity contribution >= 4 is 12.6 Å². The molecule has 0 fully saturated rings. The van der Waals surface area contributed by atoms with E-state index < -0.39 is 46.4 Å². The lowest BCUT2D eigenvalue weighted by atomic mass is 9.86. The van der Waals surface area contributed by atoms with Crippen molar-refractivity contribution in [3.63, 3.8) is 0 Å². The SMILES string of the molecule is C=NC[C@H](NC(=O)c1cc(C(F)(F)F)cc(C(F)(F)F)c1)C(C)(C)C. The Morgan fingerprint density at radius 2 is 1.48 bits per heavy atom. The first-order valence-electron chi connectivity index (χ1n) is 7.19. The summed E-state index contributed by atoms with van der Waals surface area (Å²) in [6, 6.07) is 0.155. The number of halogens is 6. The molecule has 1 atom stereocenters. The standard InChI is InChI=1S/C16H18F6N2O/c1-14(2,3)12(8-23-4)24-13(25)9-5-10(15(17,18)19)7-11(6-9)16(20,21)22/h5-7,12H,4,8H2,1-3H3,(H,24,25)/t12-/m0/s1. The maximum absolute atomic E-state index is 12.8. The van der Waals surface area contributed by atoms with E-state index in [9.17, 15) is 31.1 Å². The lowest BCUT2D eigenvalue weighted by molar-refractivity contribution is -0.143. The van der Waals surface area contributed by atoms with E-state index in [1.807, 2.05) is 0 Å². The maximum Gasteiger partial charge on any atom is 0.416 e. The van der Waals surface area contributed by atoms with Crippen molar-refractivity contribution < 1.29 is 31.1 Å². The molecule has 9 heteroatoms. The largest absolute Gasteiger partial charge is 0.416 e. The fourth-order valence-electron chi connectivity index (χ4n) is 1.99. The van der Waals surface area contributed by atoms with Crippen molar-refractivity contribution in [3.8, 4) is 0 Å². The molecule has 0 aliphatic heterocycles. The third kappa shape index (κ3) is 5.75. The minimum absolute atomic E-state index is 0.0245. The highest BCUT2D eigenvalue weighted by Crippen LogP contribution is 2.36. The smallest absolute Gasteiger partial charge is 0.347 e. The molecule has 0 aliphatic rings. The second-order valence-corrected chi connectivity index (χ2v) is 6.59. The second-order valence-electron chi connectivity index (χ2n) is 6.59. The van der Waals surface area contributed by atoms with Gasteiger partial charge in [0, 0.05) is 5.56 Å². The molecule has 3 nitrogen and oxygen atoms in total. The van der Waals surface area contributed by atoms with Gasteiger partial charge in [-0.25, -0.2) is 0 Å². The molecule has 1 N–H and O–H groups in total. The summed E-state index contributed by atoms with van der Waals surface area (Å²) in [6.45, 7) is 8.60. The van der Waals surface area contributed by atoms with Gasteiger partial charge in [0.05, 0.1) is 23.7 Å². The van der Waals surface area contributed by atoms with Gasteiger partial charge in [0.1, 0.15) is 0 Å². The fourth-order valence-corrected chi connectivity index (χ4v) is 1.99. The molecule has 0 unspecified atom stereocenters. The van der Waals surface area contributed by atoms with E-state index in [4.69, 9.17) is 0 Å². The van der Waals surface area contributed by atoms with Crippen LogP contribution < -0.4 is 5.32 Å². The van der Waals surface area contributed by atoms with E-state index in [0.29, 0.717) is 12.1 Å². The number of aliphatic imine (C=N–C) groups is 1. The number of nitrogens with one attached hydrogen (secondary N) is 1. The van der Waals surface area contributed by atoms with Crippen LogP contribution in [0, 0.1) is 5.41 Å². The van der Waals surface area contributed by atoms with Gasteiger partial charge < -0.3 is 5.32 Å². The van der Waals surface area contributed by atoms with Crippen LogP contribution in [-0.4, -0.2) is 25.2 Å². The van der Waals surface area contributed by atoms with E-state index in [2.05, 4.69) is 17.0 Å². The lowest BCUT2D eigenvalue weighted by Crippen LogP contribution is -2.45. The highest BCUT2D eigenvalue weighted by atomic mass is 19.4. The van der Waals surface area contributed by atoms with Crippen molar-refractivity contribution in [2.75, 3.05) is 6.54 Å². The number of amides is 1. The highest BCUT2D eigenvalue weighted by Gasteiger charge is 2.38. The van der Waals surface area contributed by atoms with E-state index in [0.717, 1.165) is 0 Å². The summed E-state index contributed by atoms with van der Waals surface area (Å²) in [7, 11) is 0. The van der Waals surface area contributed by atoms with E-state index in [1.54, 1.807) is 20.8 Å². The van der Waals surface area contributed by atoms with Gasteiger partial charge in [0.25, 0.3) is 5.91 Å². The molecule has 0 aromatic heterocycles. The van der Waals surface area contributed by atoms with Crippen molar-refractivity contribution in [3.05, 3.63) is 34.9 Å². The first kappa shape index (κ1) is 21.0. The van der Waals surface area contributed by atoms with Gasteiger partial charge in [-0.15, -0.1) is 0 Å². The van der Waals surface area contributed by atoms with Gasteiger partial charge in [-0.3, -0.25) is 9.79 Å². The van der Waals surface area contributed by atoms with Crippen LogP contribution in [0.25, 0.3) is 0 Å². The molecule has 0 bridgehead atoms. The van der Waals surface area contributed by atoms with Gasteiger partial charge in [-0.2, -0.15) is 26.3 Å². The summed E-state index contributed by atoms with van der Waals surface area (Å²) in [5, 5.41) is 2.42. The molecule has 0 heterocycles. The average molecular weight is 368 g/mol. The number of hydrogen-bond donors (Lipinski definition) is 1. The van der Waals surface area contributed by atoms with Gasteiger partial charge in [-0.05, 0) is 30.3 Å². The van der Waals surface area contributed by atoms with Gasteiger partial charge in [0.15, 0.2) is 0 Å². The van der Waals surface area contributed by atoms with Gasteiger partial charge in [-0.1, -0.05) is 20.8 Å². The molecule has 25 heavy (non-hydrogen) atoms. The van der Waals surface area contributed by atoms with Crippen LogP contribution in [-0.2, 0) is 12.4 Å².